The third-order valence-corrected chi connectivity index (χ3v) is 4.94. The normalized spacial score (nSPS) is 24.6. The van der Waals surface area contributed by atoms with Gasteiger partial charge in [-0.3, -0.25) is 9.59 Å². The van der Waals surface area contributed by atoms with E-state index in [1.165, 1.54) is 7.11 Å². The van der Waals surface area contributed by atoms with Gasteiger partial charge in [-0.25, -0.2) is 0 Å². The fourth-order valence-electron chi connectivity index (χ4n) is 3.31. The fourth-order valence-corrected chi connectivity index (χ4v) is 3.31. The first-order valence-electron chi connectivity index (χ1n) is 9.78. The maximum Gasteiger partial charge on any atom is 0.305 e. The molecule has 148 valence electrons. The van der Waals surface area contributed by atoms with Crippen molar-refractivity contribution in [2.45, 2.75) is 76.9 Å². The van der Waals surface area contributed by atoms with Gasteiger partial charge >= 0.3 is 5.97 Å². The molecule has 0 aromatic carbocycles. The summed E-state index contributed by atoms with van der Waals surface area (Å²) in [5.74, 6) is -0.638. The second kappa shape index (κ2) is 12.8. The van der Waals surface area contributed by atoms with Crippen molar-refractivity contribution in [3.8, 4) is 0 Å². The molecule has 0 radical (unpaired) electrons. The van der Waals surface area contributed by atoms with Crippen LogP contribution in [0.1, 0.15) is 64.7 Å². The molecule has 4 unspecified atom stereocenters. The molecular formula is C21H34O5. The minimum atomic E-state index is -0.630. The molecule has 1 saturated carbocycles. The maximum absolute atomic E-state index is 12.1. The Morgan fingerprint density at radius 2 is 2.08 bits per heavy atom. The summed E-state index contributed by atoms with van der Waals surface area (Å²) in [6.45, 7) is 2.12. The van der Waals surface area contributed by atoms with Crippen LogP contribution in [-0.4, -0.2) is 41.3 Å². The van der Waals surface area contributed by atoms with Gasteiger partial charge in [-0.2, -0.15) is 0 Å². The Bertz CT molecular complexity index is 483. The van der Waals surface area contributed by atoms with Crippen LogP contribution in [0.4, 0.5) is 0 Å². The second-order valence-corrected chi connectivity index (χ2v) is 7.05. The van der Waals surface area contributed by atoms with Gasteiger partial charge in [-0.15, -0.1) is 0 Å². The van der Waals surface area contributed by atoms with Crippen LogP contribution in [0.15, 0.2) is 24.3 Å². The topological polar surface area (TPSA) is 83.8 Å². The van der Waals surface area contributed by atoms with Gasteiger partial charge in [0, 0.05) is 24.7 Å². The van der Waals surface area contributed by atoms with Gasteiger partial charge in [0.15, 0.2) is 0 Å². The highest BCUT2D eigenvalue weighted by atomic mass is 16.5. The van der Waals surface area contributed by atoms with E-state index >= 15 is 0 Å². The SMILES string of the molecule is CCCCCC(O)/C=C/C1C(=O)CC(O)C1C/C=C/CCCC(=O)OC. The standard InChI is InChI=1S/C21H34O5/c1-3-4-7-10-16(22)13-14-18-17(19(23)15-20(18)24)11-8-5-6-9-12-21(25)26-2/h5,8,13-14,16-19,22-23H,3-4,6-7,9-12,15H2,1-2H3/b8-5+,14-13+. The number of ether oxygens (including phenoxy) is 1. The highest BCUT2D eigenvalue weighted by Gasteiger charge is 2.39. The molecule has 1 rings (SSSR count). The van der Waals surface area contributed by atoms with E-state index in [0.29, 0.717) is 19.3 Å². The van der Waals surface area contributed by atoms with Crippen molar-refractivity contribution in [3.63, 3.8) is 0 Å². The number of ketones is 1. The quantitative estimate of drug-likeness (QED) is 0.314. The van der Waals surface area contributed by atoms with Crippen molar-refractivity contribution in [3.05, 3.63) is 24.3 Å². The predicted octanol–water partition coefficient (Wildman–Crippen LogP) is 3.34. The first-order chi connectivity index (χ1) is 12.5. The van der Waals surface area contributed by atoms with Gasteiger partial charge in [0.25, 0.3) is 0 Å². The Hall–Kier alpha value is -1.46. The van der Waals surface area contributed by atoms with E-state index in [1.54, 1.807) is 12.2 Å². The number of Topliss-reactive ketones (excluding diaryl/α,β-unsaturated/α-hetero) is 1. The number of aliphatic hydroxyl groups excluding tert-OH is 2. The number of unbranched alkanes of at least 4 members (excludes halogenated alkanes) is 3. The molecule has 0 aromatic heterocycles. The van der Waals surface area contributed by atoms with Crippen molar-refractivity contribution in [2.24, 2.45) is 11.8 Å². The third kappa shape index (κ3) is 8.28. The van der Waals surface area contributed by atoms with E-state index in [2.05, 4.69) is 11.7 Å². The molecule has 2 N–H and O–H groups in total. The monoisotopic (exact) mass is 366 g/mol. The molecule has 1 aliphatic carbocycles. The molecule has 0 aliphatic heterocycles. The van der Waals surface area contributed by atoms with Gasteiger partial charge in [0.05, 0.1) is 19.3 Å². The van der Waals surface area contributed by atoms with Crippen molar-refractivity contribution < 1.29 is 24.5 Å². The molecule has 0 aromatic rings. The summed E-state index contributed by atoms with van der Waals surface area (Å²) in [7, 11) is 1.38. The highest BCUT2D eigenvalue weighted by Crippen LogP contribution is 2.33. The average Bonchev–Trinajstić information content (AvgIpc) is 2.89. The van der Waals surface area contributed by atoms with Gasteiger partial charge in [-0.1, -0.05) is 50.5 Å². The Morgan fingerprint density at radius 1 is 1.31 bits per heavy atom. The molecule has 0 saturated heterocycles. The zero-order valence-corrected chi connectivity index (χ0v) is 16.1. The Balaban J connectivity index is 2.46. The number of hydrogen-bond acceptors (Lipinski definition) is 5. The van der Waals surface area contributed by atoms with Crippen LogP contribution < -0.4 is 0 Å². The molecule has 0 amide bonds. The lowest BCUT2D eigenvalue weighted by molar-refractivity contribution is -0.140. The number of carbonyl (C=O) groups excluding carboxylic acids is 2. The fraction of sp³-hybridized carbons (Fsp3) is 0.714. The molecule has 0 spiro atoms. The molecule has 5 nitrogen and oxygen atoms in total. The zero-order valence-electron chi connectivity index (χ0n) is 16.1. The average molecular weight is 366 g/mol. The first-order valence-corrected chi connectivity index (χ1v) is 9.78. The molecular weight excluding hydrogens is 332 g/mol. The highest BCUT2D eigenvalue weighted by molar-refractivity contribution is 5.86. The van der Waals surface area contributed by atoms with Gasteiger partial charge in [0.1, 0.15) is 5.78 Å². The van der Waals surface area contributed by atoms with E-state index in [0.717, 1.165) is 32.1 Å². The summed E-state index contributed by atoms with van der Waals surface area (Å²) in [6, 6.07) is 0. The molecule has 1 aliphatic rings. The van der Waals surface area contributed by atoms with E-state index in [9.17, 15) is 19.8 Å². The number of methoxy groups -OCH3 is 1. The maximum atomic E-state index is 12.1. The van der Waals surface area contributed by atoms with Crippen LogP contribution in [0, 0.1) is 11.8 Å². The smallest absolute Gasteiger partial charge is 0.305 e. The van der Waals surface area contributed by atoms with Gasteiger partial charge in [-0.05, 0) is 25.7 Å². The van der Waals surface area contributed by atoms with Crippen molar-refractivity contribution in [1.82, 2.24) is 0 Å². The van der Waals surface area contributed by atoms with Crippen molar-refractivity contribution in [2.75, 3.05) is 7.11 Å². The van der Waals surface area contributed by atoms with Crippen LogP contribution >= 0.6 is 0 Å². The third-order valence-electron chi connectivity index (χ3n) is 4.94. The number of carbonyl (C=O) groups is 2. The zero-order chi connectivity index (χ0) is 19.4. The lowest BCUT2D eigenvalue weighted by Gasteiger charge is -2.17. The summed E-state index contributed by atoms with van der Waals surface area (Å²) in [6.07, 6.45) is 12.9. The molecule has 0 bridgehead atoms. The summed E-state index contributed by atoms with van der Waals surface area (Å²) < 4.78 is 4.59. The van der Waals surface area contributed by atoms with Crippen LogP contribution in [0.5, 0.6) is 0 Å². The van der Waals surface area contributed by atoms with Gasteiger partial charge in [0.2, 0.25) is 0 Å². The number of esters is 1. The van der Waals surface area contributed by atoms with Gasteiger partial charge < -0.3 is 14.9 Å². The summed E-state index contributed by atoms with van der Waals surface area (Å²) >= 11 is 0. The largest absolute Gasteiger partial charge is 0.469 e. The predicted molar refractivity (Wildman–Crippen MR) is 102 cm³/mol. The van der Waals surface area contributed by atoms with Crippen molar-refractivity contribution in [1.29, 1.82) is 0 Å². The van der Waals surface area contributed by atoms with E-state index in [4.69, 9.17) is 0 Å². The molecule has 26 heavy (non-hydrogen) atoms. The minimum absolute atomic E-state index is 0.0404. The number of rotatable bonds is 12. The Kier molecular flexibility index (Phi) is 11.1. The lowest BCUT2D eigenvalue weighted by atomic mass is 9.90. The van der Waals surface area contributed by atoms with Crippen LogP contribution in [0.2, 0.25) is 0 Å². The number of allylic oxidation sites excluding steroid dienone is 3. The minimum Gasteiger partial charge on any atom is -0.469 e. The van der Waals surface area contributed by atoms with Crippen LogP contribution in [0.25, 0.3) is 0 Å². The molecule has 5 heteroatoms. The van der Waals surface area contributed by atoms with Crippen LogP contribution in [-0.2, 0) is 14.3 Å². The lowest BCUT2D eigenvalue weighted by Crippen LogP contribution is -2.19. The van der Waals surface area contributed by atoms with Crippen molar-refractivity contribution >= 4 is 11.8 Å². The Morgan fingerprint density at radius 3 is 2.77 bits per heavy atom. The second-order valence-electron chi connectivity index (χ2n) is 7.05. The summed E-state index contributed by atoms with van der Waals surface area (Å²) in [4.78, 5) is 23.2. The Labute approximate surface area is 157 Å². The first kappa shape index (κ1) is 22.6. The summed E-state index contributed by atoms with van der Waals surface area (Å²) in [5, 5.41) is 20.2. The summed E-state index contributed by atoms with van der Waals surface area (Å²) in [5.41, 5.74) is 0. The number of hydrogen-bond donors (Lipinski definition) is 2. The van der Waals surface area contributed by atoms with E-state index in [1.807, 2.05) is 12.2 Å². The van der Waals surface area contributed by atoms with E-state index < -0.39 is 12.2 Å². The number of aliphatic hydroxyl groups is 2. The molecule has 0 heterocycles. The molecule has 1 fully saturated rings. The molecule has 4 atom stereocenters. The van der Waals surface area contributed by atoms with Crippen LogP contribution in [0.3, 0.4) is 0 Å². The van der Waals surface area contributed by atoms with E-state index in [-0.39, 0.29) is 30.0 Å².